The lowest BCUT2D eigenvalue weighted by Gasteiger charge is -2.26. The predicted molar refractivity (Wildman–Crippen MR) is 38.1 cm³/mol. The highest BCUT2D eigenvalue weighted by molar-refractivity contribution is 5.01. The molecule has 0 aromatic heterocycles. The van der Waals surface area contributed by atoms with Crippen molar-refractivity contribution in [1.82, 2.24) is 4.90 Å². The second-order valence-electron chi connectivity index (χ2n) is 3.42. The van der Waals surface area contributed by atoms with Gasteiger partial charge in [0.1, 0.15) is 0 Å². The Hall–Kier alpha value is -0.0400. The van der Waals surface area contributed by atoms with E-state index in [9.17, 15) is 0 Å². The third-order valence-electron chi connectivity index (χ3n) is 2.81. The van der Waals surface area contributed by atoms with Crippen molar-refractivity contribution in [2.45, 2.75) is 31.2 Å². The van der Waals surface area contributed by atoms with Gasteiger partial charge in [0.2, 0.25) is 0 Å². The van der Waals surface area contributed by atoms with Crippen LogP contribution in [0.1, 0.15) is 25.7 Å². The maximum absolute atomic E-state index is 4.26. The van der Waals surface area contributed by atoms with Crippen LogP contribution in [0.3, 0.4) is 0 Å². The van der Waals surface area contributed by atoms with Crippen molar-refractivity contribution in [3.8, 4) is 0 Å². The van der Waals surface area contributed by atoms with E-state index in [0.717, 1.165) is 0 Å². The standard InChI is InChI=1S/C8H14N/c1-8-4-2-6-9(8)7-3-5-8/h1-7H2. The summed E-state index contributed by atoms with van der Waals surface area (Å²) in [6.07, 6.45) is 5.44. The second-order valence-corrected chi connectivity index (χ2v) is 3.42. The largest absolute Gasteiger partial charge is 0.298 e. The Balaban J connectivity index is 2.17. The van der Waals surface area contributed by atoms with Crippen LogP contribution in [0.2, 0.25) is 0 Å². The molecule has 0 spiro atoms. The molecule has 0 N–H and O–H groups in total. The molecule has 2 saturated heterocycles. The van der Waals surface area contributed by atoms with Crippen LogP contribution >= 0.6 is 0 Å². The fourth-order valence-electron chi connectivity index (χ4n) is 2.23. The van der Waals surface area contributed by atoms with Gasteiger partial charge in [-0.1, -0.05) is 0 Å². The van der Waals surface area contributed by atoms with Crippen LogP contribution in [0.15, 0.2) is 0 Å². The zero-order chi connectivity index (χ0) is 6.32. The molecule has 0 aromatic rings. The topological polar surface area (TPSA) is 3.24 Å². The van der Waals surface area contributed by atoms with E-state index < -0.39 is 0 Å². The van der Waals surface area contributed by atoms with E-state index in [-0.39, 0.29) is 0 Å². The zero-order valence-corrected chi connectivity index (χ0v) is 5.90. The molecular formula is C8H14N. The summed E-state index contributed by atoms with van der Waals surface area (Å²) in [5.74, 6) is 0. The monoisotopic (exact) mass is 124 g/mol. The Morgan fingerprint density at radius 2 is 1.67 bits per heavy atom. The summed E-state index contributed by atoms with van der Waals surface area (Å²) in [4.78, 5) is 2.55. The summed E-state index contributed by atoms with van der Waals surface area (Å²) < 4.78 is 0. The summed E-state index contributed by atoms with van der Waals surface area (Å²) in [5.41, 5.74) is 0.389. The van der Waals surface area contributed by atoms with Crippen molar-refractivity contribution >= 4 is 0 Å². The van der Waals surface area contributed by atoms with Gasteiger partial charge in [-0.3, -0.25) is 4.90 Å². The lowest BCUT2D eigenvalue weighted by molar-refractivity contribution is 0.247. The van der Waals surface area contributed by atoms with Crippen molar-refractivity contribution in [3.05, 3.63) is 6.92 Å². The highest BCUT2D eigenvalue weighted by Crippen LogP contribution is 2.37. The molecule has 1 heteroatoms. The molecule has 2 fully saturated rings. The maximum Gasteiger partial charge on any atom is 0.0211 e. The van der Waals surface area contributed by atoms with Crippen molar-refractivity contribution in [2.75, 3.05) is 13.1 Å². The minimum atomic E-state index is 0.389. The first-order valence-corrected chi connectivity index (χ1v) is 3.92. The normalized spacial score (nSPS) is 33.0. The smallest absolute Gasteiger partial charge is 0.0211 e. The molecule has 2 rings (SSSR count). The van der Waals surface area contributed by atoms with Crippen LogP contribution in [0.5, 0.6) is 0 Å². The minimum absolute atomic E-state index is 0.389. The lowest BCUT2D eigenvalue weighted by Crippen LogP contribution is -2.34. The molecule has 0 amide bonds. The molecule has 2 aliphatic heterocycles. The van der Waals surface area contributed by atoms with Crippen molar-refractivity contribution < 1.29 is 0 Å². The van der Waals surface area contributed by atoms with E-state index in [2.05, 4.69) is 11.8 Å². The van der Waals surface area contributed by atoms with Gasteiger partial charge in [0, 0.05) is 5.54 Å². The Morgan fingerprint density at radius 3 is 2.11 bits per heavy atom. The molecule has 0 aliphatic carbocycles. The third kappa shape index (κ3) is 0.710. The first kappa shape index (κ1) is 5.72. The predicted octanol–water partition coefficient (Wildman–Crippen LogP) is 1.45. The highest BCUT2D eigenvalue weighted by atomic mass is 15.2. The highest BCUT2D eigenvalue weighted by Gasteiger charge is 2.39. The van der Waals surface area contributed by atoms with Crippen LogP contribution < -0.4 is 0 Å². The molecule has 0 unspecified atom stereocenters. The molecule has 1 nitrogen and oxygen atoms in total. The van der Waals surface area contributed by atoms with Gasteiger partial charge in [0.15, 0.2) is 0 Å². The summed E-state index contributed by atoms with van der Waals surface area (Å²) in [5, 5.41) is 0. The molecule has 0 atom stereocenters. The van der Waals surface area contributed by atoms with Gasteiger partial charge in [-0.15, -0.1) is 0 Å². The molecule has 2 aliphatic rings. The van der Waals surface area contributed by atoms with Crippen LogP contribution in [-0.4, -0.2) is 23.5 Å². The fourth-order valence-corrected chi connectivity index (χ4v) is 2.23. The number of hydrogen-bond donors (Lipinski definition) is 0. The third-order valence-corrected chi connectivity index (χ3v) is 2.81. The lowest BCUT2D eigenvalue weighted by atomic mass is 9.97. The fraction of sp³-hybridized carbons (Fsp3) is 0.875. The van der Waals surface area contributed by atoms with Gasteiger partial charge in [-0.25, -0.2) is 0 Å². The van der Waals surface area contributed by atoms with E-state index in [1.807, 2.05) is 0 Å². The van der Waals surface area contributed by atoms with Gasteiger partial charge in [-0.2, -0.15) is 0 Å². The van der Waals surface area contributed by atoms with E-state index in [1.165, 1.54) is 38.8 Å². The quantitative estimate of drug-likeness (QED) is 0.472. The van der Waals surface area contributed by atoms with Gasteiger partial charge in [0.25, 0.3) is 0 Å². The van der Waals surface area contributed by atoms with E-state index >= 15 is 0 Å². The number of nitrogens with zero attached hydrogens (tertiary/aromatic N) is 1. The average molecular weight is 124 g/mol. The second kappa shape index (κ2) is 1.72. The number of hydrogen-bond acceptors (Lipinski definition) is 1. The van der Waals surface area contributed by atoms with Crippen LogP contribution in [0.4, 0.5) is 0 Å². The van der Waals surface area contributed by atoms with Crippen LogP contribution in [0.25, 0.3) is 0 Å². The van der Waals surface area contributed by atoms with E-state index in [1.54, 1.807) is 0 Å². The molecule has 0 aromatic carbocycles. The molecule has 2 heterocycles. The Bertz CT molecular complexity index is 110. The van der Waals surface area contributed by atoms with Gasteiger partial charge < -0.3 is 0 Å². The summed E-state index contributed by atoms with van der Waals surface area (Å²) in [6, 6.07) is 0. The Kier molecular flexibility index (Phi) is 1.10. The van der Waals surface area contributed by atoms with Crippen LogP contribution in [-0.2, 0) is 0 Å². The first-order chi connectivity index (χ1) is 4.31. The zero-order valence-electron chi connectivity index (χ0n) is 5.90. The van der Waals surface area contributed by atoms with Crippen LogP contribution in [0, 0.1) is 6.92 Å². The van der Waals surface area contributed by atoms with Crippen molar-refractivity contribution in [1.29, 1.82) is 0 Å². The molecule has 0 saturated carbocycles. The first-order valence-electron chi connectivity index (χ1n) is 3.92. The molecule has 9 heavy (non-hydrogen) atoms. The Labute approximate surface area is 57.0 Å². The Morgan fingerprint density at radius 1 is 1.11 bits per heavy atom. The number of rotatable bonds is 0. The average Bonchev–Trinajstić information content (AvgIpc) is 2.22. The summed E-state index contributed by atoms with van der Waals surface area (Å²) >= 11 is 0. The minimum Gasteiger partial charge on any atom is -0.298 e. The van der Waals surface area contributed by atoms with Gasteiger partial charge in [0.05, 0.1) is 0 Å². The SMILES string of the molecule is [CH2]C12CCCN1CCC2. The molecular weight excluding hydrogens is 110 g/mol. The summed E-state index contributed by atoms with van der Waals surface area (Å²) in [7, 11) is 0. The summed E-state index contributed by atoms with van der Waals surface area (Å²) in [6.45, 7) is 6.88. The van der Waals surface area contributed by atoms with Crippen molar-refractivity contribution in [2.24, 2.45) is 0 Å². The van der Waals surface area contributed by atoms with E-state index in [0.29, 0.717) is 5.54 Å². The number of fused-ring (bicyclic) bond motifs is 1. The molecule has 1 radical (unpaired) electrons. The van der Waals surface area contributed by atoms with E-state index in [4.69, 9.17) is 0 Å². The maximum atomic E-state index is 4.26. The molecule has 0 bridgehead atoms. The van der Waals surface area contributed by atoms with Gasteiger partial charge >= 0.3 is 0 Å². The van der Waals surface area contributed by atoms with Gasteiger partial charge in [-0.05, 0) is 45.7 Å². The molecule has 51 valence electrons. The van der Waals surface area contributed by atoms with Crippen molar-refractivity contribution in [3.63, 3.8) is 0 Å².